The number of aliphatic carboxylic acids is 1. The van der Waals surface area contributed by atoms with Crippen LogP contribution in [0.1, 0.15) is 78.6 Å². The van der Waals surface area contributed by atoms with E-state index >= 15 is 0 Å². The zero-order valence-electron chi connectivity index (χ0n) is 13.1. The topological polar surface area (TPSA) is 66.4 Å². The zero-order chi connectivity index (χ0) is 15.2. The summed E-state index contributed by atoms with van der Waals surface area (Å²) in [6, 6.07) is 0. The highest BCUT2D eigenvalue weighted by Crippen LogP contribution is 2.42. The average Bonchev–Trinajstić information content (AvgIpc) is 2.26. The van der Waals surface area contributed by atoms with Gasteiger partial charge in [-0.2, -0.15) is 0 Å². The second kappa shape index (κ2) is 7.09. The number of hydrogen-bond acceptors (Lipinski definition) is 2. The van der Waals surface area contributed by atoms with E-state index in [9.17, 15) is 9.59 Å². The van der Waals surface area contributed by atoms with Crippen molar-refractivity contribution in [3.63, 3.8) is 0 Å². The molecule has 0 heterocycles. The Kier molecular flexibility index (Phi) is 6.03. The van der Waals surface area contributed by atoms with Crippen LogP contribution in [0.3, 0.4) is 0 Å². The van der Waals surface area contributed by atoms with Gasteiger partial charge in [-0.05, 0) is 38.5 Å². The minimum Gasteiger partial charge on any atom is -0.481 e. The van der Waals surface area contributed by atoms with Crippen molar-refractivity contribution in [1.82, 2.24) is 5.32 Å². The largest absolute Gasteiger partial charge is 0.481 e. The van der Waals surface area contributed by atoms with Crippen molar-refractivity contribution in [2.75, 3.05) is 0 Å². The molecule has 2 N–H and O–H groups in total. The third kappa shape index (κ3) is 5.51. The molecule has 1 amide bonds. The quantitative estimate of drug-likeness (QED) is 0.751. The number of carboxylic acids is 1. The van der Waals surface area contributed by atoms with Gasteiger partial charge in [-0.15, -0.1) is 0 Å². The molecule has 1 fully saturated rings. The van der Waals surface area contributed by atoms with Gasteiger partial charge in [0.1, 0.15) is 0 Å². The Morgan fingerprint density at radius 3 is 2.25 bits per heavy atom. The summed E-state index contributed by atoms with van der Waals surface area (Å²) in [5, 5.41) is 12.2. The Hall–Kier alpha value is -1.06. The molecule has 1 saturated carbocycles. The van der Waals surface area contributed by atoms with Crippen LogP contribution in [-0.4, -0.2) is 22.5 Å². The maximum absolute atomic E-state index is 12.3. The van der Waals surface area contributed by atoms with Gasteiger partial charge in [0, 0.05) is 12.0 Å². The smallest absolute Gasteiger partial charge is 0.303 e. The summed E-state index contributed by atoms with van der Waals surface area (Å²) in [7, 11) is 0. The first-order valence-corrected chi connectivity index (χ1v) is 7.81. The Balaban J connectivity index is 2.65. The van der Waals surface area contributed by atoms with Crippen LogP contribution in [0.2, 0.25) is 0 Å². The van der Waals surface area contributed by atoms with Crippen LogP contribution in [0, 0.1) is 5.41 Å². The molecule has 1 aliphatic carbocycles. The van der Waals surface area contributed by atoms with Crippen LogP contribution < -0.4 is 5.32 Å². The van der Waals surface area contributed by atoms with Gasteiger partial charge in [0.2, 0.25) is 5.91 Å². The van der Waals surface area contributed by atoms with Crippen LogP contribution in [0.4, 0.5) is 0 Å². The number of carboxylic acid groups (broad SMARTS) is 1. The van der Waals surface area contributed by atoms with E-state index in [1.807, 2.05) is 13.8 Å². The molecule has 1 rings (SSSR count). The molecule has 0 aromatic heterocycles. The normalized spacial score (nSPS) is 18.6. The van der Waals surface area contributed by atoms with Crippen molar-refractivity contribution in [3.05, 3.63) is 0 Å². The Bertz CT molecular complexity index is 344. The molecule has 1 aliphatic rings. The summed E-state index contributed by atoms with van der Waals surface area (Å²) in [5.74, 6) is -0.779. The number of hydrogen-bond donors (Lipinski definition) is 2. The molecule has 0 aliphatic heterocycles. The van der Waals surface area contributed by atoms with Crippen LogP contribution in [0.5, 0.6) is 0 Å². The molecule has 20 heavy (non-hydrogen) atoms. The molecule has 0 radical (unpaired) electrons. The molecule has 0 spiro atoms. The second-order valence-electron chi connectivity index (χ2n) is 6.99. The summed E-state index contributed by atoms with van der Waals surface area (Å²) in [5.41, 5.74) is -0.526. The maximum Gasteiger partial charge on any atom is 0.303 e. The van der Waals surface area contributed by atoms with Crippen molar-refractivity contribution < 1.29 is 14.7 Å². The van der Waals surface area contributed by atoms with E-state index in [0.29, 0.717) is 6.42 Å². The number of nitrogens with one attached hydrogen (secondary N) is 1. The fraction of sp³-hybridized carbons (Fsp3) is 0.875. The molecular formula is C16H29NO3. The van der Waals surface area contributed by atoms with Gasteiger partial charge in [0.05, 0.1) is 6.42 Å². The second-order valence-corrected chi connectivity index (χ2v) is 6.99. The predicted octanol–water partition coefficient (Wildman–Crippen LogP) is 3.50. The van der Waals surface area contributed by atoms with E-state index < -0.39 is 5.97 Å². The molecular weight excluding hydrogens is 254 g/mol. The molecule has 0 aromatic carbocycles. The van der Waals surface area contributed by atoms with Crippen molar-refractivity contribution in [2.45, 2.75) is 84.1 Å². The molecule has 0 bridgehead atoms. The van der Waals surface area contributed by atoms with E-state index in [1.54, 1.807) is 0 Å². The highest BCUT2D eigenvalue weighted by atomic mass is 16.4. The van der Waals surface area contributed by atoms with Crippen LogP contribution in [-0.2, 0) is 9.59 Å². The standard InChI is InChI=1S/C16H29NO3/c1-4-8-15(2,3)17-13(18)11-16(12-14(19)20)9-6-5-7-10-16/h4-12H2,1-3H3,(H,17,18)(H,19,20). The Morgan fingerprint density at radius 2 is 1.75 bits per heavy atom. The first-order chi connectivity index (χ1) is 9.29. The molecule has 0 saturated heterocycles. The number of carbonyl (C=O) groups excluding carboxylic acids is 1. The summed E-state index contributed by atoms with van der Waals surface area (Å²) < 4.78 is 0. The minimum absolute atomic E-state index is 0.00611. The lowest BCUT2D eigenvalue weighted by Crippen LogP contribution is -2.45. The fourth-order valence-electron chi connectivity index (χ4n) is 3.49. The Morgan fingerprint density at radius 1 is 1.15 bits per heavy atom. The van der Waals surface area contributed by atoms with E-state index in [1.165, 1.54) is 0 Å². The van der Waals surface area contributed by atoms with Crippen molar-refractivity contribution in [3.8, 4) is 0 Å². The molecule has 4 nitrogen and oxygen atoms in total. The fourth-order valence-corrected chi connectivity index (χ4v) is 3.49. The Labute approximate surface area is 122 Å². The lowest BCUT2D eigenvalue weighted by Gasteiger charge is -2.37. The monoisotopic (exact) mass is 283 g/mol. The average molecular weight is 283 g/mol. The third-order valence-electron chi connectivity index (χ3n) is 4.33. The highest BCUT2D eigenvalue weighted by Gasteiger charge is 2.37. The highest BCUT2D eigenvalue weighted by molar-refractivity contribution is 5.78. The number of carbonyl (C=O) groups is 2. The summed E-state index contributed by atoms with van der Waals surface area (Å²) in [4.78, 5) is 23.4. The number of amides is 1. The maximum atomic E-state index is 12.3. The van der Waals surface area contributed by atoms with Gasteiger partial charge in [-0.1, -0.05) is 32.6 Å². The van der Waals surface area contributed by atoms with Gasteiger partial charge < -0.3 is 10.4 Å². The van der Waals surface area contributed by atoms with Crippen LogP contribution in [0.15, 0.2) is 0 Å². The summed E-state index contributed by atoms with van der Waals surface area (Å²) in [6.45, 7) is 6.15. The summed E-state index contributed by atoms with van der Waals surface area (Å²) in [6.07, 6.45) is 7.39. The van der Waals surface area contributed by atoms with Gasteiger partial charge in [-0.3, -0.25) is 9.59 Å². The van der Waals surface area contributed by atoms with Crippen LogP contribution in [0.25, 0.3) is 0 Å². The molecule has 0 aromatic rings. The third-order valence-corrected chi connectivity index (χ3v) is 4.33. The van der Waals surface area contributed by atoms with E-state index in [2.05, 4.69) is 12.2 Å². The summed E-state index contributed by atoms with van der Waals surface area (Å²) >= 11 is 0. The predicted molar refractivity (Wildman–Crippen MR) is 79.5 cm³/mol. The van der Waals surface area contributed by atoms with Gasteiger partial charge >= 0.3 is 5.97 Å². The molecule has 0 atom stereocenters. The van der Waals surface area contributed by atoms with Crippen molar-refractivity contribution >= 4 is 11.9 Å². The van der Waals surface area contributed by atoms with E-state index in [-0.39, 0.29) is 23.3 Å². The molecule has 4 heteroatoms. The lowest BCUT2D eigenvalue weighted by molar-refractivity contribution is -0.141. The lowest BCUT2D eigenvalue weighted by atomic mass is 9.69. The van der Waals surface area contributed by atoms with Crippen molar-refractivity contribution in [2.24, 2.45) is 5.41 Å². The van der Waals surface area contributed by atoms with Gasteiger partial charge in [0.25, 0.3) is 0 Å². The van der Waals surface area contributed by atoms with E-state index in [4.69, 9.17) is 5.11 Å². The van der Waals surface area contributed by atoms with Gasteiger partial charge in [0.15, 0.2) is 0 Å². The zero-order valence-corrected chi connectivity index (χ0v) is 13.1. The SMILES string of the molecule is CCCC(C)(C)NC(=O)CC1(CC(=O)O)CCCCC1. The molecule has 116 valence electrons. The number of rotatable bonds is 7. The first-order valence-electron chi connectivity index (χ1n) is 7.81. The van der Waals surface area contributed by atoms with E-state index in [0.717, 1.165) is 44.9 Å². The minimum atomic E-state index is -0.785. The van der Waals surface area contributed by atoms with Crippen molar-refractivity contribution in [1.29, 1.82) is 0 Å². The molecule has 0 unspecified atom stereocenters. The first kappa shape index (κ1) is 17.0. The van der Waals surface area contributed by atoms with Crippen LogP contribution >= 0.6 is 0 Å². The van der Waals surface area contributed by atoms with Gasteiger partial charge in [-0.25, -0.2) is 0 Å².